The summed E-state index contributed by atoms with van der Waals surface area (Å²) < 4.78 is 13.6. The molecule has 1 aromatic carbocycles. The van der Waals surface area contributed by atoms with E-state index < -0.39 is 6.09 Å². The molecule has 0 saturated heterocycles. The largest absolute Gasteiger partial charge is 0.497 e. The molecule has 172 valence electrons. The lowest BCUT2D eigenvalue weighted by Crippen LogP contribution is -2.36. The molecule has 1 saturated carbocycles. The fourth-order valence-electron chi connectivity index (χ4n) is 4.92. The van der Waals surface area contributed by atoms with Gasteiger partial charge in [-0.25, -0.2) is 9.78 Å². The predicted molar refractivity (Wildman–Crippen MR) is 120 cm³/mol. The van der Waals surface area contributed by atoms with Crippen LogP contribution in [-0.4, -0.2) is 50.2 Å². The second-order valence-electron chi connectivity index (χ2n) is 8.62. The molecule has 1 atom stereocenters. The maximum Gasteiger partial charge on any atom is 0.404 e. The van der Waals surface area contributed by atoms with E-state index in [1.807, 2.05) is 36.4 Å². The summed E-state index contributed by atoms with van der Waals surface area (Å²) in [5.74, 6) is 3.38. The topological polar surface area (TPSA) is 111 Å². The summed E-state index contributed by atoms with van der Waals surface area (Å²) in [6.07, 6.45) is 5.61. The number of rotatable bonds is 5. The Morgan fingerprint density at radius 2 is 1.97 bits per heavy atom. The van der Waals surface area contributed by atoms with Crippen molar-refractivity contribution in [2.24, 2.45) is 0 Å². The van der Waals surface area contributed by atoms with Crippen LogP contribution in [0.25, 0.3) is 5.69 Å². The predicted octanol–water partition coefficient (Wildman–Crippen LogP) is 3.51. The Hall–Kier alpha value is -3.62. The highest BCUT2D eigenvalue weighted by Gasteiger charge is 2.32. The first-order valence-electron chi connectivity index (χ1n) is 11.3. The van der Waals surface area contributed by atoms with E-state index in [0.29, 0.717) is 18.7 Å². The van der Waals surface area contributed by atoms with Crippen LogP contribution in [0.5, 0.6) is 11.6 Å². The van der Waals surface area contributed by atoms with Crippen molar-refractivity contribution in [3.63, 3.8) is 0 Å². The van der Waals surface area contributed by atoms with Gasteiger partial charge in [-0.2, -0.15) is 0 Å². The molecule has 5 rings (SSSR count). The van der Waals surface area contributed by atoms with Crippen LogP contribution in [0.1, 0.15) is 48.8 Å². The minimum absolute atomic E-state index is 0.142. The number of fused-ring (bicyclic) bond motifs is 3. The summed E-state index contributed by atoms with van der Waals surface area (Å²) in [5, 5.41) is 21.0. The fourth-order valence-corrected chi connectivity index (χ4v) is 4.92. The van der Waals surface area contributed by atoms with Gasteiger partial charge < -0.3 is 19.9 Å². The van der Waals surface area contributed by atoms with Crippen molar-refractivity contribution >= 4 is 6.09 Å². The molecule has 2 aliphatic rings. The van der Waals surface area contributed by atoms with E-state index in [4.69, 9.17) is 9.47 Å². The highest BCUT2D eigenvalue weighted by Crippen LogP contribution is 2.37. The Bertz CT molecular complexity index is 1130. The van der Waals surface area contributed by atoms with Crippen LogP contribution in [-0.2, 0) is 12.8 Å². The van der Waals surface area contributed by atoms with Crippen molar-refractivity contribution in [1.29, 1.82) is 0 Å². The van der Waals surface area contributed by atoms with Gasteiger partial charge in [-0.1, -0.05) is 6.07 Å². The van der Waals surface area contributed by atoms with Gasteiger partial charge in [0.25, 0.3) is 0 Å². The summed E-state index contributed by atoms with van der Waals surface area (Å²) >= 11 is 0. The molecular weight excluding hydrogens is 422 g/mol. The van der Waals surface area contributed by atoms with Crippen LogP contribution >= 0.6 is 0 Å². The van der Waals surface area contributed by atoms with Crippen LogP contribution in [0.15, 0.2) is 42.6 Å². The minimum Gasteiger partial charge on any atom is -0.497 e. The highest BCUT2D eigenvalue weighted by molar-refractivity contribution is 5.65. The van der Waals surface area contributed by atoms with E-state index in [-0.39, 0.29) is 18.1 Å². The average Bonchev–Trinajstić information content (AvgIpc) is 3.16. The van der Waals surface area contributed by atoms with E-state index in [0.717, 1.165) is 54.3 Å². The molecule has 0 spiro atoms. The number of carboxylic acid groups (broad SMARTS) is 1. The minimum atomic E-state index is -1.04. The molecule has 1 unspecified atom stereocenters. The molecule has 3 heterocycles. The van der Waals surface area contributed by atoms with Crippen molar-refractivity contribution in [3.05, 3.63) is 59.8 Å². The van der Waals surface area contributed by atoms with Crippen LogP contribution in [0, 0.1) is 0 Å². The van der Waals surface area contributed by atoms with E-state index >= 15 is 0 Å². The third-order valence-corrected chi connectivity index (χ3v) is 6.47. The number of nitrogens with one attached hydrogen (secondary N) is 1. The number of methoxy groups -OCH3 is 1. The molecule has 1 amide bonds. The lowest BCUT2D eigenvalue weighted by atomic mass is 9.86. The van der Waals surface area contributed by atoms with E-state index in [1.165, 1.54) is 0 Å². The molecule has 2 aromatic heterocycles. The summed E-state index contributed by atoms with van der Waals surface area (Å²) in [4.78, 5) is 15.6. The zero-order chi connectivity index (χ0) is 22.8. The zero-order valence-electron chi connectivity index (χ0n) is 18.5. The average molecular weight is 450 g/mol. The number of amides is 1. The van der Waals surface area contributed by atoms with Crippen LogP contribution in [0.2, 0.25) is 0 Å². The quantitative estimate of drug-likeness (QED) is 0.613. The number of hydrogen-bond donors (Lipinski definition) is 2. The first-order valence-corrected chi connectivity index (χ1v) is 11.3. The summed E-state index contributed by atoms with van der Waals surface area (Å²) in [5.41, 5.74) is 2.01. The van der Waals surface area contributed by atoms with Gasteiger partial charge in [-0.15, -0.1) is 10.2 Å². The van der Waals surface area contributed by atoms with Crippen molar-refractivity contribution in [2.75, 3.05) is 7.11 Å². The Labute approximate surface area is 191 Å². The van der Waals surface area contributed by atoms with Crippen molar-refractivity contribution in [2.45, 2.75) is 56.6 Å². The highest BCUT2D eigenvalue weighted by atomic mass is 16.5. The van der Waals surface area contributed by atoms with E-state index in [1.54, 1.807) is 13.3 Å². The van der Waals surface area contributed by atoms with Crippen molar-refractivity contribution in [1.82, 2.24) is 25.1 Å². The number of hydrogen-bond acceptors (Lipinski definition) is 6. The second-order valence-corrected chi connectivity index (χ2v) is 8.62. The van der Waals surface area contributed by atoms with Gasteiger partial charge in [-0.3, -0.25) is 4.57 Å². The molecule has 9 heteroatoms. The summed E-state index contributed by atoms with van der Waals surface area (Å²) in [6.45, 7) is 0. The summed E-state index contributed by atoms with van der Waals surface area (Å²) in [7, 11) is 1.63. The van der Waals surface area contributed by atoms with Gasteiger partial charge in [0.15, 0.2) is 0 Å². The van der Waals surface area contributed by atoms with E-state index in [2.05, 4.69) is 25.1 Å². The molecule has 3 aromatic rings. The zero-order valence-corrected chi connectivity index (χ0v) is 18.5. The molecular formula is C24H27N5O4. The SMILES string of the molecule is COc1ccc2c(c1)CC(NC(=O)O)Cc1nnc([C@H]3CC[C@H](Oc4ccccn4)CC3)n1-2. The maximum atomic E-state index is 11.3. The lowest BCUT2D eigenvalue weighted by molar-refractivity contribution is 0.139. The monoisotopic (exact) mass is 449 g/mol. The van der Waals surface area contributed by atoms with Crippen LogP contribution in [0.3, 0.4) is 0 Å². The Morgan fingerprint density at radius 3 is 2.70 bits per heavy atom. The lowest BCUT2D eigenvalue weighted by Gasteiger charge is -2.28. The van der Waals surface area contributed by atoms with Gasteiger partial charge in [0.05, 0.1) is 12.8 Å². The molecule has 2 N–H and O–H groups in total. The smallest absolute Gasteiger partial charge is 0.404 e. The van der Waals surface area contributed by atoms with Crippen LogP contribution in [0.4, 0.5) is 4.79 Å². The molecule has 9 nitrogen and oxygen atoms in total. The van der Waals surface area contributed by atoms with Gasteiger partial charge in [0.2, 0.25) is 5.88 Å². The standard InChI is InChI=1S/C24H27N5O4/c1-32-19-9-10-20-16(13-19)12-17(26-24(30)31)14-21-27-28-23(29(20)21)15-5-7-18(8-6-15)33-22-4-2-3-11-25-22/h2-4,9-11,13,15,17-18,26H,5-8,12,14H2,1H3,(H,30,31)/t15-,17?,18-. The van der Waals surface area contributed by atoms with Gasteiger partial charge in [0.1, 0.15) is 23.5 Å². The first kappa shape index (κ1) is 21.2. The third-order valence-electron chi connectivity index (χ3n) is 6.47. The molecule has 0 radical (unpaired) electrons. The molecule has 0 bridgehead atoms. The normalized spacial score (nSPS) is 21.9. The van der Waals surface area contributed by atoms with Crippen LogP contribution < -0.4 is 14.8 Å². The first-order chi connectivity index (χ1) is 16.1. The molecule has 1 aliphatic heterocycles. The fraction of sp³-hybridized carbons (Fsp3) is 0.417. The number of aromatic nitrogens is 4. The number of nitrogens with zero attached hydrogens (tertiary/aromatic N) is 4. The molecule has 1 aliphatic carbocycles. The number of benzene rings is 1. The van der Waals surface area contributed by atoms with Crippen molar-refractivity contribution < 1.29 is 19.4 Å². The van der Waals surface area contributed by atoms with Gasteiger partial charge in [-0.05, 0) is 61.9 Å². The van der Waals surface area contributed by atoms with Crippen molar-refractivity contribution in [3.8, 4) is 17.3 Å². The number of ether oxygens (including phenoxy) is 2. The Kier molecular flexibility index (Phi) is 5.85. The second kappa shape index (κ2) is 9.09. The number of carbonyl (C=O) groups is 1. The Balaban J connectivity index is 1.40. The Morgan fingerprint density at radius 1 is 1.12 bits per heavy atom. The van der Waals surface area contributed by atoms with Gasteiger partial charge >= 0.3 is 6.09 Å². The van der Waals surface area contributed by atoms with E-state index in [9.17, 15) is 9.90 Å². The molecule has 33 heavy (non-hydrogen) atoms. The number of pyridine rings is 1. The summed E-state index contributed by atoms with van der Waals surface area (Å²) in [6, 6.07) is 11.3. The maximum absolute atomic E-state index is 11.3. The third kappa shape index (κ3) is 4.48. The van der Waals surface area contributed by atoms with Gasteiger partial charge in [0, 0.05) is 30.6 Å². The molecule has 1 fully saturated rings.